The maximum absolute atomic E-state index is 12.3. The number of rotatable bonds is 7. The van der Waals surface area contributed by atoms with Crippen molar-refractivity contribution in [2.24, 2.45) is 0 Å². The van der Waals surface area contributed by atoms with E-state index in [-0.39, 0.29) is 25.1 Å². The summed E-state index contributed by atoms with van der Waals surface area (Å²) in [4.78, 5) is 24.3. The van der Waals surface area contributed by atoms with Crippen LogP contribution in [0.1, 0.15) is 46.9 Å². The second-order valence-electron chi connectivity index (χ2n) is 6.28. The van der Waals surface area contributed by atoms with Crippen LogP contribution >= 0.6 is 0 Å². The Hall–Kier alpha value is -2.66. The number of nitrogens with one attached hydrogen (secondary N) is 2. The van der Waals surface area contributed by atoms with Crippen LogP contribution in [0.3, 0.4) is 0 Å². The fourth-order valence-electron chi connectivity index (χ4n) is 2.76. The molecule has 0 heterocycles. The van der Waals surface area contributed by atoms with Crippen LogP contribution in [0, 0.1) is 13.8 Å². The normalized spacial score (nSPS) is 11.7. The van der Waals surface area contributed by atoms with Crippen molar-refractivity contribution in [1.29, 1.82) is 0 Å². The SMILES string of the molecule is CCOC(=O)c1ccccc1NC(=O)CNC(C)c1cc(C)ccc1C. The first-order chi connectivity index (χ1) is 12.4. The van der Waals surface area contributed by atoms with Gasteiger partial charge in [0.25, 0.3) is 0 Å². The van der Waals surface area contributed by atoms with Crippen LogP contribution in [-0.4, -0.2) is 25.0 Å². The predicted octanol–water partition coefficient (Wildman–Crippen LogP) is 3.77. The minimum atomic E-state index is -0.444. The lowest BCUT2D eigenvalue weighted by Gasteiger charge is -2.17. The maximum Gasteiger partial charge on any atom is 0.340 e. The third kappa shape index (κ3) is 5.17. The Morgan fingerprint density at radius 1 is 1.12 bits per heavy atom. The van der Waals surface area contributed by atoms with Gasteiger partial charge in [0.15, 0.2) is 0 Å². The third-order valence-electron chi connectivity index (χ3n) is 4.17. The topological polar surface area (TPSA) is 67.4 Å². The number of esters is 1. The number of aryl methyl sites for hydroxylation is 2. The highest BCUT2D eigenvalue weighted by molar-refractivity contribution is 6.01. The van der Waals surface area contributed by atoms with Crippen LogP contribution in [0.5, 0.6) is 0 Å². The highest BCUT2D eigenvalue weighted by Crippen LogP contribution is 2.19. The fourth-order valence-corrected chi connectivity index (χ4v) is 2.76. The van der Waals surface area contributed by atoms with Crippen molar-refractivity contribution in [3.8, 4) is 0 Å². The molecule has 26 heavy (non-hydrogen) atoms. The second-order valence-corrected chi connectivity index (χ2v) is 6.28. The molecule has 0 saturated heterocycles. The first-order valence-electron chi connectivity index (χ1n) is 8.79. The van der Waals surface area contributed by atoms with Crippen molar-refractivity contribution in [3.05, 3.63) is 64.7 Å². The van der Waals surface area contributed by atoms with Gasteiger partial charge >= 0.3 is 5.97 Å². The summed E-state index contributed by atoms with van der Waals surface area (Å²) in [6.45, 7) is 8.32. The zero-order chi connectivity index (χ0) is 19.1. The zero-order valence-corrected chi connectivity index (χ0v) is 15.8. The van der Waals surface area contributed by atoms with Gasteiger partial charge in [0.1, 0.15) is 0 Å². The van der Waals surface area contributed by atoms with E-state index in [1.807, 2.05) is 6.92 Å². The fraction of sp³-hybridized carbons (Fsp3) is 0.333. The average Bonchev–Trinajstić information content (AvgIpc) is 2.62. The summed E-state index contributed by atoms with van der Waals surface area (Å²) in [6, 6.07) is 13.2. The predicted molar refractivity (Wildman–Crippen MR) is 103 cm³/mol. The van der Waals surface area contributed by atoms with E-state index in [1.165, 1.54) is 16.7 Å². The molecule has 0 aliphatic rings. The summed E-state index contributed by atoms with van der Waals surface area (Å²) in [5.41, 5.74) is 4.35. The minimum absolute atomic E-state index is 0.0425. The van der Waals surface area contributed by atoms with Gasteiger partial charge in [0.2, 0.25) is 5.91 Å². The van der Waals surface area contributed by atoms with Gasteiger partial charge in [-0.15, -0.1) is 0 Å². The molecule has 5 heteroatoms. The van der Waals surface area contributed by atoms with E-state index >= 15 is 0 Å². The molecule has 1 unspecified atom stereocenters. The zero-order valence-electron chi connectivity index (χ0n) is 15.8. The molecule has 2 aromatic carbocycles. The number of hydrogen-bond donors (Lipinski definition) is 2. The van der Waals surface area contributed by atoms with Gasteiger partial charge in [0, 0.05) is 6.04 Å². The van der Waals surface area contributed by atoms with Crippen molar-refractivity contribution in [2.45, 2.75) is 33.7 Å². The van der Waals surface area contributed by atoms with E-state index < -0.39 is 5.97 Å². The molecule has 0 radical (unpaired) electrons. The van der Waals surface area contributed by atoms with E-state index in [4.69, 9.17) is 4.74 Å². The molecule has 1 atom stereocenters. The molecular formula is C21H26N2O3. The summed E-state index contributed by atoms with van der Waals surface area (Å²) < 4.78 is 5.02. The molecule has 0 aliphatic carbocycles. The number of hydrogen-bond acceptors (Lipinski definition) is 4. The first kappa shape index (κ1) is 19.7. The minimum Gasteiger partial charge on any atom is -0.462 e. The molecule has 2 aromatic rings. The van der Waals surface area contributed by atoms with Crippen LogP contribution < -0.4 is 10.6 Å². The van der Waals surface area contributed by atoms with Crippen LogP contribution in [0.4, 0.5) is 5.69 Å². The Balaban J connectivity index is 1.99. The largest absolute Gasteiger partial charge is 0.462 e. The number of carbonyl (C=O) groups excluding carboxylic acids is 2. The lowest BCUT2D eigenvalue weighted by Crippen LogP contribution is -2.31. The smallest absolute Gasteiger partial charge is 0.340 e. The molecule has 0 aromatic heterocycles. The van der Waals surface area contributed by atoms with Crippen molar-refractivity contribution in [2.75, 3.05) is 18.5 Å². The van der Waals surface area contributed by atoms with E-state index in [2.05, 4.69) is 42.7 Å². The quantitative estimate of drug-likeness (QED) is 0.743. The number of ether oxygens (including phenoxy) is 1. The number of para-hydroxylation sites is 1. The van der Waals surface area contributed by atoms with Gasteiger partial charge in [0.05, 0.1) is 24.4 Å². The van der Waals surface area contributed by atoms with Gasteiger partial charge in [-0.3, -0.25) is 4.79 Å². The lowest BCUT2D eigenvalue weighted by molar-refractivity contribution is -0.115. The van der Waals surface area contributed by atoms with Crippen molar-refractivity contribution in [3.63, 3.8) is 0 Å². The Bertz CT molecular complexity index is 787. The van der Waals surface area contributed by atoms with E-state index in [0.29, 0.717) is 11.3 Å². The molecule has 0 aliphatic heterocycles. The molecule has 2 rings (SSSR count). The van der Waals surface area contributed by atoms with Crippen LogP contribution in [0.15, 0.2) is 42.5 Å². The van der Waals surface area contributed by atoms with Crippen LogP contribution in [0.2, 0.25) is 0 Å². The number of anilines is 1. The molecule has 0 bridgehead atoms. The first-order valence-corrected chi connectivity index (χ1v) is 8.79. The van der Waals surface area contributed by atoms with Gasteiger partial charge < -0.3 is 15.4 Å². The molecule has 0 spiro atoms. The van der Waals surface area contributed by atoms with E-state index in [0.717, 1.165) is 0 Å². The molecule has 2 N–H and O–H groups in total. The monoisotopic (exact) mass is 354 g/mol. The maximum atomic E-state index is 12.3. The number of carbonyl (C=O) groups is 2. The summed E-state index contributed by atoms with van der Waals surface area (Å²) in [6.07, 6.45) is 0. The second kappa shape index (κ2) is 9.15. The summed E-state index contributed by atoms with van der Waals surface area (Å²) in [7, 11) is 0. The lowest BCUT2D eigenvalue weighted by atomic mass is 10.00. The molecule has 0 saturated carbocycles. The Kier molecular flexibility index (Phi) is 6.92. The van der Waals surface area contributed by atoms with Gasteiger partial charge in [-0.2, -0.15) is 0 Å². The number of amides is 1. The summed E-state index contributed by atoms with van der Waals surface area (Å²) in [5.74, 6) is -0.654. The van der Waals surface area contributed by atoms with E-state index in [1.54, 1.807) is 31.2 Å². The van der Waals surface area contributed by atoms with Gasteiger partial charge in [-0.1, -0.05) is 35.9 Å². The van der Waals surface area contributed by atoms with Crippen molar-refractivity contribution < 1.29 is 14.3 Å². The third-order valence-corrected chi connectivity index (χ3v) is 4.17. The molecule has 0 fully saturated rings. The summed E-state index contributed by atoms with van der Waals surface area (Å²) in [5, 5.41) is 6.01. The Morgan fingerprint density at radius 3 is 2.58 bits per heavy atom. The van der Waals surface area contributed by atoms with E-state index in [9.17, 15) is 9.59 Å². The Morgan fingerprint density at radius 2 is 1.85 bits per heavy atom. The highest BCUT2D eigenvalue weighted by Gasteiger charge is 2.15. The highest BCUT2D eigenvalue weighted by atomic mass is 16.5. The molecule has 138 valence electrons. The standard InChI is InChI=1S/C21H26N2O3/c1-5-26-21(25)17-8-6-7-9-19(17)23-20(24)13-22-16(4)18-12-14(2)10-11-15(18)3/h6-12,16,22H,5,13H2,1-4H3,(H,23,24). The van der Waals surface area contributed by atoms with Gasteiger partial charge in [-0.05, 0) is 51.0 Å². The number of benzene rings is 2. The Labute approximate surface area is 154 Å². The molecular weight excluding hydrogens is 328 g/mol. The van der Waals surface area contributed by atoms with Gasteiger partial charge in [-0.25, -0.2) is 4.79 Å². The van der Waals surface area contributed by atoms with Crippen LogP contribution in [-0.2, 0) is 9.53 Å². The molecule has 5 nitrogen and oxygen atoms in total. The summed E-state index contributed by atoms with van der Waals surface area (Å²) >= 11 is 0. The van der Waals surface area contributed by atoms with Crippen molar-refractivity contribution >= 4 is 17.6 Å². The van der Waals surface area contributed by atoms with Crippen LogP contribution in [0.25, 0.3) is 0 Å². The molecule has 1 amide bonds. The average molecular weight is 354 g/mol. The van der Waals surface area contributed by atoms with Crippen molar-refractivity contribution in [1.82, 2.24) is 5.32 Å².